The summed E-state index contributed by atoms with van der Waals surface area (Å²) in [5.41, 5.74) is -0.456. The van der Waals surface area contributed by atoms with Gasteiger partial charge < -0.3 is 15.5 Å². The van der Waals surface area contributed by atoms with Crippen molar-refractivity contribution < 1.29 is 15.0 Å². The van der Waals surface area contributed by atoms with Gasteiger partial charge in [-0.2, -0.15) is 0 Å². The maximum atomic E-state index is 11.7. The molecule has 4 nitrogen and oxygen atoms in total. The molecule has 15 heavy (non-hydrogen) atoms. The van der Waals surface area contributed by atoms with Gasteiger partial charge in [0.25, 0.3) is 0 Å². The van der Waals surface area contributed by atoms with Crippen molar-refractivity contribution in [3.63, 3.8) is 0 Å². The van der Waals surface area contributed by atoms with E-state index in [1.54, 1.807) is 0 Å². The highest BCUT2D eigenvalue weighted by atomic mass is 16.3. The van der Waals surface area contributed by atoms with Crippen LogP contribution in [0.2, 0.25) is 0 Å². The number of carbonyl (C=O) groups is 1. The summed E-state index contributed by atoms with van der Waals surface area (Å²) < 4.78 is 0. The Kier molecular flexibility index (Phi) is 3.73. The summed E-state index contributed by atoms with van der Waals surface area (Å²) in [5, 5.41) is 21.9. The molecule has 0 aliphatic heterocycles. The van der Waals surface area contributed by atoms with Crippen molar-refractivity contribution in [2.75, 3.05) is 0 Å². The zero-order chi connectivity index (χ0) is 11.6. The molecule has 3 N–H and O–H groups in total. The predicted octanol–water partition coefficient (Wildman–Crippen LogP) is 0.423. The molecule has 0 radical (unpaired) electrons. The Morgan fingerprint density at radius 1 is 1.27 bits per heavy atom. The number of rotatable bonds is 1. The van der Waals surface area contributed by atoms with Crippen LogP contribution >= 0.6 is 0 Å². The van der Waals surface area contributed by atoms with Gasteiger partial charge in [0, 0.05) is 5.41 Å². The summed E-state index contributed by atoms with van der Waals surface area (Å²) in [7, 11) is 0. The van der Waals surface area contributed by atoms with Gasteiger partial charge >= 0.3 is 0 Å². The number of aliphatic hydroxyl groups is 2. The Bertz CT molecular complexity index is 234. The molecule has 1 amide bonds. The Hall–Kier alpha value is -0.610. The molecule has 0 saturated heterocycles. The van der Waals surface area contributed by atoms with Crippen LogP contribution in [0.4, 0.5) is 0 Å². The molecule has 0 bridgehead atoms. The predicted molar refractivity (Wildman–Crippen MR) is 57.3 cm³/mol. The largest absolute Gasteiger partial charge is 0.390 e. The lowest BCUT2D eigenvalue weighted by atomic mass is 9.88. The molecule has 0 aromatic rings. The third kappa shape index (κ3) is 3.18. The van der Waals surface area contributed by atoms with Gasteiger partial charge in [-0.1, -0.05) is 20.8 Å². The molecule has 3 atom stereocenters. The van der Waals surface area contributed by atoms with Crippen molar-refractivity contribution in [3.8, 4) is 0 Å². The maximum Gasteiger partial charge on any atom is 0.225 e. The van der Waals surface area contributed by atoms with Crippen molar-refractivity contribution in [1.82, 2.24) is 5.32 Å². The molecule has 1 aliphatic rings. The van der Waals surface area contributed by atoms with E-state index in [1.807, 2.05) is 20.8 Å². The molecule has 0 heterocycles. The minimum absolute atomic E-state index is 0.0827. The average Bonchev–Trinajstić information content (AvgIpc) is 2.11. The second kappa shape index (κ2) is 4.49. The van der Waals surface area contributed by atoms with Crippen LogP contribution < -0.4 is 5.32 Å². The molecule has 4 heteroatoms. The number of amides is 1. The topological polar surface area (TPSA) is 69.6 Å². The first-order chi connectivity index (χ1) is 6.82. The van der Waals surface area contributed by atoms with Gasteiger partial charge in [0.1, 0.15) is 0 Å². The van der Waals surface area contributed by atoms with Crippen molar-refractivity contribution in [2.24, 2.45) is 5.41 Å². The van der Waals surface area contributed by atoms with Crippen molar-refractivity contribution in [2.45, 2.75) is 58.3 Å². The normalized spacial score (nSPS) is 32.5. The average molecular weight is 215 g/mol. The lowest BCUT2D eigenvalue weighted by Gasteiger charge is -2.34. The molecule has 1 aliphatic carbocycles. The quantitative estimate of drug-likeness (QED) is 0.594. The zero-order valence-electron chi connectivity index (χ0n) is 9.66. The van der Waals surface area contributed by atoms with E-state index >= 15 is 0 Å². The van der Waals surface area contributed by atoms with Gasteiger partial charge in [-0.25, -0.2) is 0 Å². The molecular weight excluding hydrogens is 194 g/mol. The van der Waals surface area contributed by atoms with Crippen molar-refractivity contribution in [3.05, 3.63) is 0 Å². The zero-order valence-corrected chi connectivity index (χ0v) is 9.66. The van der Waals surface area contributed by atoms with Crippen LogP contribution in [0.5, 0.6) is 0 Å². The van der Waals surface area contributed by atoms with Gasteiger partial charge in [0.2, 0.25) is 5.91 Å². The minimum Gasteiger partial charge on any atom is -0.390 e. The highest BCUT2D eigenvalue weighted by molar-refractivity contribution is 5.81. The summed E-state index contributed by atoms with van der Waals surface area (Å²) in [6.07, 6.45) is 0.658. The fourth-order valence-electron chi connectivity index (χ4n) is 1.70. The summed E-state index contributed by atoms with van der Waals surface area (Å²) in [6, 6.07) is -0.305. The fourth-order valence-corrected chi connectivity index (χ4v) is 1.70. The van der Waals surface area contributed by atoms with Crippen LogP contribution in [0.3, 0.4) is 0 Å². The first-order valence-electron chi connectivity index (χ1n) is 5.49. The van der Waals surface area contributed by atoms with E-state index in [4.69, 9.17) is 0 Å². The van der Waals surface area contributed by atoms with Crippen molar-refractivity contribution in [1.29, 1.82) is 0 Å². The Morgan fingerprint density at radius 2 is 1.87 bits per heavy atom. The van der Waals surface area contributed by atoms with E-state index in [-0.39, 0.29) is 11.9 Å². The van der Waals surface area contributed by atoms with Gasteiger partial charge in [-0.15, -0.1) is 0 Å². The fraction of sp³-hybridized carbons (Fsp3) is 0.909. The van der Waals surface area contributed by atoms with Crippen molar-refractivity contribution >= 4 is 5.91 Å². The molecule has 0 spiro atoms. The van der Waals surface area contributed by atoms with Gasteiger partial charge in [-0.3, -0.25) is 4.79 Å². The van der Waals surface area contributed by atoms with E-state index in [0.29, 0.717) is 6.42 Å². The lowest BCUT2D eigenvalue weighted by molar-refractivity contribution is -0.131. The number of hydrogen-bond acceptors (Lipinski definition) is 3. The molecule has 1 saturated carbocycles. The van der Waals surface area contributed by atoms with E-state index in [1.165, 1.54) is 0 Å². The van der Waals surface area contributed by atoms with Crippen LogP contribution in [0.1, 0.15) is 40.0 Å². The Balaban J connectivity index is 2.54. The summed E-state index contributed by atoms with van der Waals surface area (Å²) in [6.45, 7) is 5.48. The number of hydrogen-bond donors (Lipinski definition) is 3. The summed E-state index contributed by atoms with van der Waals surface area (Å²) in [4.78, 5) is 11.7. The molecule has 88 valence electrons. The maximum absolute atomic E-state index is 11.7. The minimum atomic E-state index is -0.829. The van der Waals surface area contributed by atoms with Crippen LogP contribution in [0, 0.1) is 5.41 Å². The molecular formula is C11H21NO3. The molecule has 1 rings (SSSR count). The van der Waals surface area contributed by atoms with Crippen LogP contribution in [0.25, 0.3) is 0 Å². The van der Waals surface area contributed by atoms with E-state index in [2.05, 4.69) is 5.32 Å². The lowest BCUT2D eigenvalue weighted by Crippen LogP contribution is -2.53. The van der Waals surface area contributed by atoms with Crippen LogP contribution in [-0.2, 0) is 4.79 Å². The molecule has 0 aromatic heterocycles. The SMILES string of the molecule is CC(C)(C)C(=O)N[C@H]1CCC[C@H](O)[C@@H]1O. The second-order valence-electron chi connectivity index (χ2n) is 5.32. The monoisotopic (exact) mass is 215 g/mol. The van der Waals surface area contributed by atoms with Crippen LogP contribution in [0.15, 0.2) is 0 Å². The number of aliphatic hydroxyl groups excluding tert-OH is 2. The third-order valence-corrected chi connectivity index (χ3v) is 2.82. The first kappa shape index (κ1) is 12.5. The standard InChI is InChI=1S/C11H21NO3/c1-11(2,3)10(15)12-7-5-4-6-8(13)9(7)14/h7-9,13-14H,4-6H2,1-3H3,(H,12,15)/t7-,8-,9+/m0/s1. The molecule has 1 fully saturated rings. The Morgan fingerprint density at radius 3 is 2.40 bits per heavy atom. The number of carbonyl (C=O) groups excluding carboxylic acids is 1. The molecule has 0 unspecified atom stereocenters. The van der Waals surface area contributed by atoms with E-state index in [0.717, 1.165) is 12.8 Å². The highest BCUT2D eigenvalue weighted by Crippen LogP contribution is 2.21. The van der Waals surface area contributed by atoms with E-state index < -0.39 is 17.6 Å². The summed E-state index contributed by atoms with van der Waals surface area (Å²) >= 11 is 0. The number of nitrogens with one attached hydrogen (secondary N) is 1. The third-order valence-electron chi connectivity index (χ3n) is 2.82. The summed E-state index contributed by atoms with van der Waals surface area (Å²) in [5.74, 6) is -0.0827. The van der Waals surface area contributed by atoms with Gasteiger partial charge in [-0.05, 0) is 19.3 Å². The van der Waals surface area contributed by atoms with Crippen LogP contribution in [-0.4, -0.2) is 34.4 Å². The molecule has 0 aromatic carbocycles. The Labute approximate surface area is 90.7 Å². The smallest absolute Gasteiger partial charge is 0.225 e. The van der Waals surface area contributed by atoms with Gasteiger partial charge in [0.15, 0.2) is 0 Å². The second-order valence-corrected chi connectivity index (χ2v) is 5.32. The highest BCUT2D eigenvalue weighted by Gasteiger charge is 2.33. The van der Waals surface area contributed by atoms with E-state index in [9.17, 15) is 15.0 Å². The van der Waals surface area contributed by atoms with Gasteiger partial charge in [0.05, 0.1) is 18.2 Å². The first-order valence-corrected chi connectivity index (χ1v) is 5.49.